The number of rotatable bonds is 2. The summed E-state index contributed by atoms with van der Waals surface area (Å²) in [5.74, 6) is 3.72. The van der Waals surface area contributed by atoms with Crippen molar-refractivity contribution in [3.05, 3.63) is 64.7 Å². The Morgan fingerprint density at radius 2 is 1.41 bits per heavy atom. The first-order chi connectivity index (χ1) is 15.4. The average Bonchev–Trinajstić information content (AvgIpc) is 3.29. The molecule has 0 unspecified atom stereocenters. The zero-order valence-corrected chi connectivity index (χ0v) is 19.2. The summed E-state index contributed by atoms with van der Waals surface area (Å²) in [6.45, 7) is 10.2. The molecule has 32 heavy (non-hydrogen) atoms. The number of benzene rings is 2. The van der Waals surface area contributed by atoms with Gasteiger partial charge in [-0.2, -0.15) is 0 Å². The first kappa shape index (κ1) is 19.2. The summed E-state index contributed by atoms with van der Waals surface area (Å²) in [7, 11) is 2.13. The van der Waals surface area contributed by atoms with Gasteiger partial charge in [0.2, 0.25) is 0 Å². The lowest BCUT2D eigenvalue weighted by molar-refractivity contribution is 0.481. The molecule has 162 valence electrons. The Morgan fingerprint density at radius 1 is 0.781 bits per heavy atom. The van der Waals surface area contributed by atoms with Gasteiger partial charge in [-0.25, -0.2) is 9.97 Å². The van der Waals surface area contributed by atoms with Crippen LogP contribution in [0.15, 0.2) is 36.7 Å². The number of anilines is 1. The lowest BCUT2D eigenvalue weighted by Crippen LogP contribution is -2.26. The fraction of sp³-hybridized carbons (Fsp3) is 0.308. The fourth-order valence-electron chi connectivity index (χ4n) is 5.33. The van der Waals surface area contributed by atoms with Crippen LogP contribution in [0.25, 0.3) is 22.8 Å². The SMILES string of the molecule is Cc1cn2c(n1)-c1cc(Oc3cc(C)c4c(c3)-c3nc(C)cn3CN4C)cc(C)c1CC2. The molecule has 2 aromatic carbocycles. The molecular formula is C26H27N5O. The molecule has 4 heterocycles. The summed E-state index contributed by atoms with van der Waals surface area (Å²) in [6, 6.07) is 8.54. The van der Waals surface area contributed by atoms with Crippen LogP contribution in [0.5, 0.6) is 11.5 Å². The number of aromatic nitrogens is 4. The number of fused-ring (bicyclic) bond motifs is 6. The van der Waals surface area contributed by atoms with Gasteiger partial charge in [0.1, 0.15) is 23.1 Å². The number of nitrogens with zero attached hydrogens (tertiary/aromatic N) is 5. The van der Waals surface area contributed by atoms with E-state index in [1.54, 1.807) is 0 Å². The smallest absolute Gasteiger partial charge is 0.143 e. The highest BCUT2D eigenvalue weighted by Crippen LogP contribution is 2.42. The molecule has 0 fully saturated rings. The third kappa shape index (κ3) is 2.86. The van der Waals surface area contributed by atoms with Gasteiger partial charge in [-0.3, -0.25) is 0 Å². The fourth-order valence-corrected chi connectivity index (χ4v) is 5.33. The van der Waals surface area contributed by atoms with Gasteiger partial charge < -0.3 is 18.8 Å². The van der Waals surface area contributed by atoms with Crippen molar-refractivity contribution in [1.82, 2.24) is 19.1 Å². The van der Waals surface area contributed by atoms with Crippen molar-refractivity contribution in [2.24, 2.45) is 0 Å². The van der Waals surface area contributed by atoms with Gasteiger partial charge in [-0.15, -0.1) is 0 Å². The molecule has 4 aromatic rings. The highest BCUT2D eigenvalue weighted by atomic mass is 16.5. The maximum atomic E-state index is 6.46. The molecule has 0 radical (unpaired) electrons. The summed E-state index contributed by atoms with van der Waals surface area (Å²) in [6.07, 6.45) is 5.26. The molecule has 0 bridgehead atoms. The number of hydrogen-bond donors (Lipinski definition) is 0. The Hall–Kier alpha value is -3.54. The lowest BCUT2D eigenvalue weighted by atomic mass is 9.95. The molecule has 6 heteroatoms. The number of aryl methyl sites for hydroxylation is 5. The van der Waals surface area contributed by atoms with E-state index in [-0.39, 0.29) is 0 Å². The van der Waals surface area contributed by atoms with Crippen LogP contribution in [-0.4, -0.2) is 26.1 Å². The zero-order chi connectivity index (χ0) is 22.1. The van der Waals surface area contributed by atoms with E-state index in [1.165, 1.54) is 27.9 Å². The van der Waals surface area contributed by atoms with Gasteiger partial charge in [0, 0.05) is 37.1 Å². The second-order valence-corrected chi connectivity index (χ2v) is 9.17. The van der Waals surface area contributed by atoms with Gasteiger partial charge in [0.25, 0.3) is 0 Å². The van der Waals surface area contributed by atoms with Crippen molar-refractivity contribution >= 4 is 5.69 Å². The van der Waals surface area contributed by atoms with E-state index in [9.17, 15) is 0 Å². The Labute approximate surface area is 188 Å². The normalized spacial score (nSPS) is 14.0. The van der Waals surface area contributed by atoms with Crippen LogP contribution in [0.4, 0.5) is 5.69 Å². The molecular weight excluding hydrogens is 398 g/mol. The molecule has 2 aliphatic heterocycles. The summed E-state index contributed by atoms with van der Waals surface area (Å²) < 4.78 is 10.9. The minimum Gasteiger partial charge on any atom is -0.457 e. The Kier molecular flexibility index (Phi) is 4.03. The van der Waals surface area contributed by atoms with Crippen LogP contribution in [0.3, 0.4) is 0 Å². The summed E-state index contributed by atoms with van der Waals surface area (Å²) in [5.41, 5.74) is 9.41. The lowest BCUT2D eigenvalue weighted by Gasteiger charge is -2.30. The number of imidazole rings is 2. The summed E-state index contributed by atoms with van der Waals surface area (Å²) >= 11 is 0. The second-order valence-electron chi connectivity index (χ2n) is 9.17. The third-order valence-electron chi connectivity index (χ3n) is 6.58. The molecule has 0 amide bonds. The average molecular weight is 426 g/mol. The first-order valence-corrected chi connectivity index (χ1v) is 11.1. The van der Waals surface area contributed by atoms with Gasteiger partial charge in [-0.1, -0.05) is 0 Å². The Balaban J connectivity index is 1.43. The van der Waals surface area contributed by atoms with Crippen molar-refractivity contribution < 1.29 is 4.74 Å². The maximum absolute atomic E-state index is 6.46. The van der Waals surface area contributed by atoms with E-state index in [2.05, 4.69) is 78.5 Å². The quantitative estimate of drug-likeness (QED) is 0.431. The largest absolute Gasteiger partial charge is 0.457 e. The highest BCUT2D eigenvalue weighted by Gasteiger charge is 2.25. The van der Waals surface area contributed by atoms with Gasteiger partial charge in [0.15, 0.2) is 0 Å². The van der Waals surface area contributed by atoms with Crippen LogP contribution in [0, 0.1) is 27.7 Å². The van der Waals surface area contributed by atoms with E-state index in [0.29, 0.717) is 0 Å². The molecule has 6 rings (SSSR count). The molecule has 0 saturated heterocycles. The number of ether oxygens (including phenoxy) is 1. The van der Waals surface area contributed by atoms with Crippen LogP contribution in [-0.2, 0) is 19.6 Å². The minimum absolute atomic E-state index is 0.806. The predicted molar refractivity (Wildman–Crippen MR) is 126 cm³/mol. The zero-order valence-electron chi connectivity index (χ0n) is 19.2. The van der Waals surface area contributed by atoms with Crippen molar-refractivity contribution in [1.29, 1.82) is 0 Å². The number of hydrogen-bond acceptors (Lipinski definition) is 4. The summed E-state index contributed by atoms with van der Waals surface area (Å²) in [4.78, 5) is 11.8. The highest BCUT2D eigenvalue weighted by molar-refractivity contribution is 5.81. The second kappa shape index (κ2) is 6.73. The molecule has 0 atom stereocenters. The van der Waals surface area contributed by atoms with Crippen molar-refractivity contribution in [2.45, 2.75) is 47.3 Å². The van der Waals surface area contributed by atoms with Gasteiger partial charge in [-0.05, 0) is 75.1 Å². The molecule has 0 N–H and O–H groups in total. The summed E-state index contributed by atoms with van der Waals surface area (Å²) in [5, 5.41) is 0. The standard InChI is InChI=1S/C26H27N5O/c1-15-8-19(10-22-21(15)6-7-30-12-17(3)27-25(22)30)32-20-9-16(2)24-23(11-20)26-28-18(4)13-31(26)14-29(24)5/h8-13H,6-7,14H2,1-5H3. The Bertz CT molecular complexity index is 1390. The van der Waals surface area contributed by atoms with E-state index < -0.39 is 0 Å². The van der Waals surface area contributed by atoms with E-state index in [0.717, 1.165) is 59.7 Å². The third-order valence-corrected chi connectivity index (χ3v) is 6.58. The maximum Gasteiger partial charge on any atom is 0.143 e. The van der Waals surface area contributed by atoms with Crippen LogP contribution in [0.1, 0.15) is 28.1 Å². The van der Waals surface area contributed by atoms with E-state index in [4.69, 9.17) is 14.7 Å². The minimum atomic E-state index is 0.806. The van der Waals surface area contributed by atoms with Crippen LogP contribution < -0.4 is 9.64 Å². The van der Waals surface area contributed by atoms with Crippen LogP contribution >= 0.6 is 0 Å². The molecule has 6 nitrogen and oxygen atoms in total. The van der Waals surface area contributed by atoms with Crippen molar-refractivity contribution in [3.63, 3.8) is 0 Å². The molecule has 0 spiro atoms. The molecule has 2 aromatic heterocycles. The molecule has 0 saturated carbocycles. The van der Waals surface area contributed by atoms with Crippen LogP contribution in [0.2, 0.25) is 0 Å². The topological polar surface area (TPSA) is 48.1 Å². The van der Waals surface area contributed by atoms with E-state index in [1.807, 2.05) is 6.92 Å². The van der Waals surface area contributed by atoms with E-state index >= 15 is 0 Å². The van der Waals surface area contributed by atoms with Gasteiger partial charge >= 0.3 is 0 Å². The van der Waals surface area contributed by atoms with Crippen molar-refractivity contribution in [2.75, 3.05) is 11.9 Å². The first-order valence-electron chi connectivity index (χ1n) is 11.1. The Morgan fingerprint density at radius 3 is 2.16 bits per heavy atom. The van der Waals surface area contributed by atoms with Gasteiger partial charge in [0.05, 0.1) is 23.7 Å². The monoisotopic (exact) mass is 425 g/mol. The molecule has 0 aliphatic carbocycles. The predicted octanol–water partition coefficient (Wildman–Crippen LogP) is 5.40. The van der Waals surface area contributed by atoms with Crippen molar-refractivity contribution in [3.8, 4) is 34.3 Å². The molecule has 2 aliphatic rings.